The van der Waals surface area contributed by atoms with Gasteiger partial charge < -0.3 is 19.5 Å². The van der Waals surface area contributed by atoms with Crippen molar-refractivity contribution in [1.29, 1.82) is 5.26 Å². The number of hydrogen-bond acceptors (Lipinski definition) is 6. The number of carbonyl (C=O) groups is 2. The van der Waals surface area contributed by atoms with E-state index < -0.39 is 18.5 Å². The van der Waals surface area contributed by atoms with Crippen LogP contribution in [0.1, 0.15) is 11.1 Å². The summed E-state index contributed by atoms with van der Waals surface area (Å²) in [7, 11) is 1.50. The highest BCUT2D eigenvalue weighted by molar-refractivity contribution is 5.94. The van der Waals surface area contributed by atoms with E-state index in [-0.39, 0.29) is 6.61 Å². The second-order valence-electron chi connectivity index (χ2n) is 5.63. The number of hydrogen-bond donors (Lipinski definition) is 1. The molecule has 0 radical (unpaired) electrons. The van der Waals surface area contributed by atoms with Gasteiger partial charge in [0, 0.05) is 0 Å². The fourth-order valence-corrected chi connectivity index (χ4v) is 2.33. The van der Waals surface area contributed by atoms with Crippen LogP contribution in [0, 0.1) is 11.3 Å². The van der Waals surface area contributed by atoms with E-state index in [1.165, 1.54) is 7.11 Å². The number of benzene rings is 2. The Kier molecular flexibility index (Phi) is 7.61. The molecule has 2 rings (SSSR count). The molecule has 0 saturated carbocycles. The summed E-state index contributed by atoms with van der Waals surface area (Å²) in [4.78, 5) is 23.7. The number of allylic oxidation sites excluding steroid dienone is 1. The van der Waals surface area contributed by atoms with E-state index in [9.17, 15) is 9.59 Å². The zero-order chi connectivity index (χ0) is 20.4. The van der Waals surface area contributed by atoms with Crippen molar-refractivity contribution in [2.24, 2.45) is 0 Å². The number of nitrogens with zero attached hydrogens (tertiary/aromatic N) is 1. The summed E-state index contributed by atoms with van der Waals surface area (Å²) in [5.74, 6) is -0.388. The zero-order valence-electron chi connectivity index (χ0n) is 15.4. The normalized spacial score (nSPS) is 9.71. The van der Waals surface area contributed by atoms with E-state index in [1.807, 2.05) is 12.1 Å². The molecule has 0 spiro atoms. The Bertz CT molecular complexity index is 902. The largest absolute Gasteiger partial charge is 0.493 e. The van der Waals surface area contributed by atoms with Crippen molar-refractivity contribution in [2.45, 2.75) is 6.42 Å². The van der Waals surface area contributed by atoms with Crippen LogP contribution in [0.25, 0.3) is 0 Å². The lowest BCUT2D eigenvalue weighted by atomic mass is 10.1. The topological polar surface area (TPSA) is 97.6 Å². The highest BCUT2D eigenvalue weighted by Gasteiger charge is 2.12. The average Bonchev–Trinajstić information content (AvgIpc) is 2.71. The van der Waals surface area contributed by atoms with Crippen LogP contribution in [-0.4, -0.2) is 32.2 Å². The van der Waals surface area contributed by atoms with Gasteiger partial charge in [0.25, 0.3) is 5.91 Å². The van der Waals surface area contributed by atoms with Crippen LogP contribution < -0.4 is 14.8 Å². The molecule has 0 unspecified atom stereocenters. The van der Waals surface area contributed by atoms with Crippen LogP contribution in [0.4, 0.5) is 5.69 Å². The van der Waals surface area contributed by atoms with Gasteiger partial charge in [-0.1, -0.05) is 24.3 Å². The van der Waals surface area contributed by atoms with E-state index in [0.29, 0.717) is 29.2 Å². The first-order valence-electron chi connectivity index (χ1n) is 8.42. The molecule has 2 aromatic rings. The van der Waals surface area contributed by atoms with E-state index in [0.717, 1.165) is 5.56 Å². The summed E-state index contributed by atoms with van der Waals surface area (Å²) in [6, 6.07) is 13.8. The molecule has 0 aromatic heterocycles. The summed E-state index contributed by atoms with van der Waals surface area (Å²) in [6.45, 7) is 2.82. The number of carbonyl (C=O) groups excluding carboxylic acids is 2. The van der Waals surface area contributed by atoms with Crippen molar-refractivity contribution in [2.75, 3.05) is 25.6 Å². The smallest absolute Gasteiger partial charge is 0.344 e. The number of methoxy groups -OCH3 is 1. The number of ether oxygens (including phenoxy) is 3. The summed E-state index contributed by atoms with van der Waals surface area (Å²) in [6.07, 6.45) is 2.45. The minimum Gasteiger partial charge on any atom is -0.493 e. The van der Waals surface area contributed by atoms with Gasteiger partial charge in [-0.3, -0.25) is 4.79 Å². The van der Waals surface area contributed by atoms with Crippen LogP contribution in [0.2, 0.25) is 0 Å². The molecule has 0 saturated heterocycles. The molecule has 0 aliphatic rings. The number of nitriles is 1. The zero-order valence-corrected chi connectivity index (χ0v) is 15.4. The van der Waals surface area contributed by atoms with Gasteiger partial charge in [0.2, 0.25) is 0 Å². The number of amides is 1. The van der Waals surface area contributed by atoms with E-state index in [4.69, 9.17) is 19.5 Å². The molecule has 28 heavy (non-hydrogen) atoms. The van der Waals surface area contributed by atoms with Crippen molar-refractivity contribution in [3.05, 3.63) is 66.2 Å². The van der Waals surface area contributed by atoms with Crippen LogP contribution in [-0.2, 0) is 20.7 Å². The van der Waals surface area contributed by atoms with E-state index in [1.54, 1.807) is 42.5 Å². The first kappa shape index (κ1) is 20.5. The monoisotopic (exact) mass is 380 g/mol. The predicted octanol–water partition coefficient (Wildman–Crippen LogP) is 2.86. The van der Waals surface area contributed by atoms with Gasteiger partial charge in [0.05, 0.1) is 18.4 Å². The highest BCUT2D eigenvalue weighted by Crippen LogP contribution is 2.28. The molecule has 1 amide bonds. The summed E-state index contributed by atoms with van der Waals surface area (Å²) < 4.78 is 15.6. The molecule has 7 heteroatoms. The Morgan fingerprint density at radius 2 is 1.96 bits per heavy atom. The lowest BCUT2D eigenvalue weighted by molar-refractivity contribution is -0.149. The Balaban J connectivity index is 1.83. The second-order valence-corrected chi connectivity index (χ2v) is 5.63. The third-order valence-corrected chi connectivity index (χ3v) is 3.64. The fourth-order valence-electron chi connectivity index (χ4n) is 2.33. The van der Waals surface area contributed by atoms with Crippen molar-refractivity contribution < 1.29 is 23.8 Å². The SMILES string of the molecule is C=CCc1ccc(OCC(=O)OCC(=O)Nc2ccccc2C#N)c(OC)c1. The average molecular weight is 380 g/mol. The standard InChI is InChI=1S/C21H20N2O5/c1-3-6-15-9-10-18(19(11-15)26-2)27-14-21(25)28-13-20(24)23-17-8-5-4-7-16(17)12-22/h3-5,7-11H,1,6,13-14H2,2H3,(H,23,24). The van der Waals surface area contributed by atoms with Gasteiger partial charge in [-0.2, -0.15) is 5.26 Å². The predicted molar refractivity (Wildman–Crippen MR) is 103 cm³/mol. The van der Waals surface area contributed by atoms with Crippen LogP contribution in [0.15, 0.2) is 55.1 Å². The molecule has 0 aliphatic carbocycles. The molecule has 1 N–H and O–H groups in total. The van der Waals surface area contributed by atoms with Gasteiger partial charge in [-0.15, -0.1) is 6.58 Å². The molecule has 2 aromatic carbocycles. The van der Waals surface area contributed by atoms with Gasteiger partial charge in [0.15, 0.2) is 24.7 Å². The van der Waals surface area contributed by atoms with Crippen LogP contribution >= 0.6 is 0 Å². The highest BCUT2D eigenvalue weighted by atomic mass is 16.6. The molecule has 0 heterocycles. The first-order valence-corrected chi connectivity index (χ1v) is 8.42. The maximum Gasteiger partial charge on any atom is 0.344 e. The Hall–Kier alpha value is -3.79. The molecule has 0 atom stereocenters. The fraction of sp³-hybridized carbons (Fsp3) is 0.190. The summed E-state index contributed by atoms with van der Waals surface area (Å²) in [5, 5.41) is 11.5. The Morgan fingerprint density at radius 1 is 1.18 bits per heavy atom. The lowest BCUT2D eigenvalue weighted by Crippen LogP contribution is -2.24. The molecule has 7 nitrogen and oxygen atoms in total. The van der Waals surface area contributed by atoms with E-state index in [2.05, 4.69) is 11.9 Å². The van der Waals surface area contributed by atoms with E-state index >= 15 is 0 Å². The third-order valence-electron chi connectivity index (χ3n) is 3.64. The number of nitrogens with one attached hydrogen (secondary N) is 1. The van der Waals surface area contributed by atoms with Crippen molar-refractivity contribution >= 4 is 17.6 Å². The van der Waals surface area contributed by atoms with Gasteiger partial charge in [-0.25, -0.2) is 4.79 Å². The van der Waals surface area contributed by atoms with Crippen molar-refractivity contribution in [3.63, 3.8) is 0 Å². The summed E-state index contributed by atoms with van der Waals surface area (Å²) in [5.41, 5.74) is 1.67. The maximum absolute atomic E-state index is 11.9. The van der Waals surface area contributed by atoms with Gasteiger partial charge in [0.1, 0.15) is 6.07 Å². The maximum atomic E-state index is 11.9. The number of anilines is 1. The Labute approximate surface area is 163 Å². The van der Waals surface area contributed by atoms with Crippen LogP contribution in [0.5, 0.6) is 11.5 Å². The van der Waals surface area contributed by atoms with Crippen molar-refractivity contribution in [1.82, 2.24) is 0 Å². The quantitative estimate of drug-likeness (QED) is 0.531. The number of para-hydroxylation sites is 1. The summed E-state index contributed by atoms with van der Waals surface area (Å²) >= 11 is 0. The minimum atomic E-state index is -0.707. The second kappa shape index (κ2) is 10.4. The molecular formula is C21H20N2O5. The van der Waals surface area contributed by atoms with Crippen molar-refractivity contribution in [3.8, 4) is 17.6 Å². The van der Waals surface area contributed by atoms with Gasteiger partial charge >= 0.3 is 5.97 Å². The van der Waals surface area contributed by atoms with Crippen LogP contribution in [0.3, 0.4) is 0 Å². The molecule has 0 fully saturated rings. The van der Waals surface area contributed by atoms with Gasteiger partial charge in [-0.05, 0) is 36.2 Å². The molecular weight excluding hydrogens is 360 g/mol. The number of esters is 1. The minimum absolute atomic E-state index is 0.317. The molecule has 144 valence electrons. The lowest BCUT2D eigenvalue weighted by Gasteiger charge is -2.12. The first-order chi connectivity index (χ1) is 13.6. The Morgan fingerprint density at radius 3 is 2.68 bits per heavy atom. The number of rotatable bonds is 9. The molecule has 0 aliphatic heterocycles. The third kappa shape index (κ3) is 5.88. The molecule has 0 bridgehead atoms.